The number of rotatable bonds is 2. The second-order valence-electron chi connectivity index (χ2n) is 4.62. The van der Waals surface area contributed by atoms with Crippen LogP contribution in [-0.4, -0.2) is 20.9 Å². The van der Waals surface area contributed by atoms with E-state index in [4.69, 9.17) is 0 Å². The number of fused-ring (bicyclic) bond motifs is 1. The van der Waals surface area contributed by atoms with Crippen molar-refractivity contribution >= 4 is 21.8 Å². The lowest BCUT2D eigenvalue weighted by atomic mass is 10.1. The maximum atomic E-state index is 12.9. The van der Waals surface area contributed by atoms with Crippen molar-refractivity contribution in [2.45, 2.75) is 25.2 Å². The highest BCUT2D eigenvalue weighted by atomic mass is 32.3. The molecule has 1 aromatic carbocycles. The van der Waals surface area contributed by atoms with E-state index >= 15 is 0 Å². The lowest BCUT2D eigenvalue weighted by molar-refractivity contribution is -0.121. The largest absolute Gasteiger partial charge is 0.332 e. The zero-order chi connectivity index (χ0) is 13.5. The van der Waals surface area contributed by atoms with E-state index < -0.39 is 15.1 Å². The summed E-state index contributed by atoms with van der Waals surface area (Å²) in [6.45, 7) is 4.06. The van der Waals surface area contributed by atoms with Crippen LogP contribution < -0.4 is 4.90 Å². The average Bonchev–Trinajstić information content (AvgIpc) is 2.69. The third-order valence-electron chi connectivity index (χ3n) is 2.99. The summed E-state index contributed by atoms with van der Waals surface area (Å²) in [4.78, 5) is 13.1. The van der Waals surface area contributed by atoms with Gasteiger partial charge in [0.05, 0.1) is 0 Å². The van der Waals surface area contributed by atoms with Gasteiger partial charge >= 0.3 is 10.2 Å². The summed E-state index contributed by atoms with van der Waals surface area (Å²) in [6.07, 6.45) is 0.667. The standard InChI is InChI=1S/C12H14FNO3S/c1-8(2)12(15)14-6-5-9-3-4-10(7-11(9)14)18(13,16)17/h3-4,7-8H,5-6H2,1-2H3. The molecule has 6 heteroatoms. The Labute approximate surface area is 106 Å². The number of halogens is 1. The Morgan fingerprint density at radius 2 is 2.06 bits per heavy atom. The first-order valence-corrected chi connectivity index (χ1v) is 7.08. The van der Waals surface area contributed by atoms with Gasteiger partial charge in [0.2, 0.25) is 5.91 Å². The van der Waals surface area contributed by atoms with Crippen LogP contribution in [0.15, 0.2) is 23.1 Å². The molecule has 1 aliphatic rings. The fraction of sp³-hybridized carbons (Fsp3) is 0.417. The van der Waals surface area contributed by atoms with Crippen LogP contribution in [0, 0.1) is 5.92 Å². The Balaban J connectivity index is 2.46. The molecule has 0 saturated carbocycles. The summed E-state index contributed by atoms with van der Waals surface area (Å²) >= 11 is 0. The maximum absolute atomic E-state index is 12.9. The number of carbonyl (C=O) groups excluding carboxylic acids is 1. The Morgan fingerprint density at radius 1 is 1.39 bits per heavy atom. The predicted octanol–water partition coefficient (Wildman–Crippen LogP) is 1.89. The molecule has 1 aliphatic heterocycles. The second-order valence-corrected chi connectivity index (χ2v) is 5.97. The van der Waals surface area contributed by atoms with Gasteiger partial charge in [0.25, 0.3) is 0 Å². The number of benzene rings is 1. The molecule has 1 aromatic rings. The molecule has 0 saturated heterocycles. The lowest BCUT2D eigenvalue weighted by Crippen LogP contribution is -2.32. The molecule has 98 valence electrons. The molecular formula is C12H14FNO3S. The first kappa shape index (κ1) is 13.0. The van der Waals surface area contributed by atoms with Gasteiger partial charge in [-0.2, -0.15) is 8.42 Å². The summed E-state index contributed by atoms with van der Waals surface area (Å²) in [7, 11) is -4.73. The van der Waals surface area contributed by atoms with Crippen molar-refractivity contribution in [1.29, 1.82) is 0 Å². The zero-order valence-corrected chi connectivity index (χ0v) is 11.0. The summed E-state index contributed by atoms with van der Waals surface area (Å²) in [6, 6.07) is 4.03. The van der Waals surface area contributed by atoms with Crippen molar-refractivity contribution in [2.24, 2.45) is 5.92 Å². The topological polar surface area (TPSA) is 54.5 Å². The van der Waals surface area contributed by atoms with Crippen LogP contribution in [0.2, 0.25) is 0 Å². The molecule has 0 radical (unpaired) electrons. The molecule has 2 rings (SSSR count). The van der Waals surface area contributed by atoms with Gasteiger partial charge in [0, 0.05) is 18.2 Å². The first-order valence-electron chi connectivity index (χ1n) is 5.69. The SMILES string of the molecule is CC(C)C(=O)N1CCc2ccc(S(=O)(=O)F)cc21. The molecule has 0 N–H and O–H groups in total. The second kappa shape index (κ2) is 4.35. The van der Waals surface area contributed by atoms with Crippen molar-refractivity contribution < 1.29 is 17.1 Å². The van der Waals surface area contributed by atoms with E-state index in [0.29, 0.717) is 18.7 Å². The van der Waals surface area contributed by atoms with Gasteiger partial charge < -0.3 is 4.90 Å². The number of amides is 1. The first-order chi connectivity index (χ1) is 8.30. The number of carbonyl (C=O) groups is 1. The predicted molar refractivity (Wildman–Crippen MR) is 65.6 cm³/mol. The Bertz CT molecular complexity index is 595. The fourth-order valence-corrected chi connectivity index (χ4v) is 2.53. The van der Waals surface area contributed by atoms with Gasteiger partial charge in [-0.1, -0.05) is 19.9 Å². The monoisotopic (exact) mass is 271 g/mol. The Kier molecular flexibility index (Phi) is 3.14. The van der Waals surface area contributed by atoms with Gasteiger partial charge in [-0.05, 0) is 24.1 Å². The Hall–Kier alpha value is -1.43. The minimum Gasteiger partial charge on any atom is -0.312 e. The lowest BCUT2D eigenvalue weighted by Gasteiger charge is -2.19. The molecule has 0 aromatic heterocycles. The minimum absolute atomic E-state index is 0.0813. The van der Waals surface area contributed by atoms with Crippen molar-refractivity contribution in [3.63, 3.8) is 0 Å². The van der Waals surface area contributed by atoms with E-state index in [-0.39, 0.29) is 11.8 Å². The van der Waals surface area contributed by atoms with E-state index in [1.807, 2.05) is 0 Å². The van der Waals surface area contributed by atoms with Gasteiger partial charge in [-0.3, -0.25) is 4.79 Å². The molecule has 1 heterocycles. The smallest absolute Gasteiger partial charge is 0.312 e. The molecule has 4 nitrogen and oxygen atoms in total. The molecule has 0 bridgehead atoms. The number of hydrogen-bond acceptors (Lipinski definition) is 3. The highest BCUT2D eigenvalue weighted by molar-refractivity contribution is 7.86. The zero-order valence-electron chi connectivity index (χ0n) is 10.2. The third-order valence-corrected chi connectivity index (χ3v) is 3.81. The highest BCUT2D eigenvalue weighted by Crippen LogP contribution is 2.31. The van der Waals surface area contributed by atoms with Crippen molar-refractivity contribution in [2.75, 3.05) is 11.4 Å². The van der Waals surface area contributed by atoms with E-state index in [2.05, 4.69) is 0 Å². The van der Waals surface area contributed by atoms with Crippen LogP contribution in [0.1, 0.15) is 19.4 Å². The summed E-state index contributed by atoms with van der Waals surface area (Å²) < 4.78 is 34.7. The van der Waals surface area contributed by atoms with E-state index in [9.17, 15) is 17.1 Å². The number of anilines is 1. The van der Waals surface area contributed by atoms with Crippen molar-refractivity contribution in [3.8, 4) is 0 Å². The fourth-order valence-electron chi connectivity index (χ4n) is 2.05. The minimum atomic E-state index is -4.73. The molecule has 0 fully saturated rings. The Morgan fingerprint density at radius 3 is 2.61 bits per heavy atom. The molecule has 18 heavy (non-hydrogen) atoms. The van der Waals surface area contributed by atoms with Crippen molar-refractivity contribution in [3.05, 3.63) is 23.8 Å². The molecule has 0 atom stereocenters. The molecule has 0 aliphatic carbocycles. The van der Waals surface area contributed by atoms with Crippen LogP contribution in [0.3, 0.4) is 0 Å². The molecular weight excluding hydrogens is 257 g/mol. The van der Waals surface area contributed by atoms with Gasteiger partial charge in [-0.25, -0.2) is 0 Å². The van der Waals surface area contributed by atoms with Gasteiger partial charge in [0.15, 0.2) is 0 Å². The molecule has 0 spiro atoms. The highest BCUT2D eigenvalue weighted by Gasteiger charge is 2.27. The molecule has 1 amide bonds. The van der Waals surface area contributed by atoms with E-state index in [0.717, 1.165) is 5.56 Å². The average molecular weight is 271 g/mol. The van der Waals surface area contributed by atoms with Crippen LogP contribution in [0.25, 0.3) is 0 Å². The van der Waals surface area contributed by atoms with Gasteiger partial charge in [0.1, 0.15) is 4.90 Å². The van der Waals surface area contributed by atoms with Crippen LogP contribution >= 0.6 is 0 Å². The molecule has 0 unspecified atom stereocenters. The maximum Gasteiger partial charge on any atom is 0.332 e. The summed E-state index contributed by atoms with van der Waals surface area (Å²) in [5.41, 5.74) is 1.38. The number of nitrogens with zero attached hydrogens (tertiary/aromatic N) is 1. The third kappa shape index (κ3) is 2.25. The van der Waals surface area contributed by atoms with Crippen LogP contribution in [0.5, 0.6) is 0 Å². The van der Waals surface area contributed by atoms with Crippen LogP contribution in [0.4, 0.5) is 9.57 Å². The quantitative estimate of drug-likeness (QED) is 0.772. The normalized spacial score (nSPS) is 15.0. The van der Waals surface area contributed by atoms with Gasteiger partial charge in [-0.15, -0.1) is 3.89 Å². The number of hydrogen-bond donors (Lipinski definition) is 0. The van der Waals surface area contributed by atoms with E-state index in [1.54, 1.807) is 19.9 Å². The van der Waals surface area contributed by atoms with Crippen LogP contribution in [-0.2, 0) is 21.4 Å². The summed E-state index contributed by atoms with van der Waals surface area (Å²) in [5.74, 6) is -0.260. The summed E-state index contributed by atoms with van der Waals surface area (Å²) in [5, 5.41) is 0. The van der Waals surface area contributed by atoms with Crippen molar-refractivity contribution in [1.82, 2.24) is 0 Å². The van der Waals surface area contributed by atoms with E-state index in [1.165, 1.54) is 17.0 Å².